The Morgan fingerprint density at radius 1 is 1.29 bits per heavy atom. The molecule has 2 heterocycles. The number of aromatic nitrogens is 4. The molecule has 1 N–H and O–H groups in total. The molecule has 21 heavy (non-hydrogen) atoms. The fraction of sp³-hybridized carbons (Fsp3) is 0.250. The molecule has 0 unspecified atom stereocenters. The van der Waals surface area contributed by atoms with Crippen molar-refractivity contribution in [3.8, 4) is 0 Å². The zero-order valence-corrected chi connectivity index (χ0v) is 12.6. The smallest absolute Gasteiger partial charge is 0.213 e. The molecular weight excluding hydrogens is 310 g/mol. The second kappa shape index (κ2) is 5.88. The molecular formula is C12H13N5O2S2. The van der Waals surface area contributed by atoms with Crippen molar-refractivity contribution < 1.29 is 8.42 Å². The van der Waals surface area contributed by atoms with Gasteiger partial charge in [0, 0.05) is 11.2 Å². The highest BCUT2D eigenvalue weighted by atomic mass is 32.2. The Bertz CT molecular complexity index is 826. The van der Waals surface area contributed by atoms with Crippen LogP contribution in [0.2, 0.25) is 0 Å². The third kappa shape index (κ3) is 3.43. The second-order valence-electron chi connectivity index (χ2n) is 4.47. The van der Waals surface area contributed by atoms with Gasteiger partial charge in [-0.1, -0.05) is 18.2 Å². The van der Waals surface area contributed by atoms with E-state index in [-0.39, 0.29) is 12.3 Å². The van der Waals surface area contributed by atoms with Gasteiger partial charge in [0.05, 0.1) is 12.3 Å². The Balaban J connectivity index is 1.63. The third-order valence-electron chi connectivity index (χ3n) is 3.02. The molecule has 0 bridgehead atoms. The zero-order chi connectivity index (χ0) is 14.7. The first-order chi connectivity index (χ1) is 10.1. The topological polar surface area (TPSA) is 89.8 Å². The molecule has 0 aliphatic rings. The largest absolute Gasteiger partial charge is 0.231 e. The molecule has 0 aliphatic heterocycles. The van der Waals surface area contributed by atoms with E-state index in [0.29, 0.717) is 6.54 Å². The number of hydrogen-bond donors (Lipinski definition) is 1. The van der Waals surface area contributed by atoms with Gasteiger partial charge in [-0.25, -0.2) is 17.8 Å². The number of benzene rings is 1. The van der Waals surface area contributed by atoms with Crippen molar-refractivity contribution >= 4 is 31.4 Å². The SMILES string of the molecule is O=S(=O)(CCn1cnnn1)NCc1csc2ccccc12. The van der Waals surface area contributed by atoms with Crippen LogP contribution in [-0.2, 0) is 23.1 Å². The van der Waals surface area contributed by atoms with Crippen LogP contribution in [0.3, 0.4) is 0 Å². The average molecular weight is 323 g/mol. The maximum absolute atomic E-state index is 12.0. The van der Waals surface area contributed by atoms with E-state index in [1.54, 1.807) is 11.3 Å². The molecule has 0 aliphatic carbocycles. The van der Waals surface area contributed by atoms with Crippen LogP contribution in [0.15, 0.2) is 36.0 Å². The fourth-order valence-electron chi connectivity index (χ4n) is 1.93. The van der Waals surface area contributed by atoms with Gasteiger partial charge < -0.3 is 0 Å². The normalized spacial score (nSPS) is 12.0. The summed E-state index contributed by atoms with van der Waals surface area (Å²) in [6.07, 6.45) is 1.39. The quantitative estimate of drug-likeness (QED) is 0.731. The number of hydrogen-bond acceptors (Lipinski definition) is 6. The molecule has 7 nitrogen and oxygen atoms in total. The van der Waals surface area contributed by atoms with Gasteiger partial charge >= 0.3 is 0 Å². The molecule has 0 saturated carbocycles. The van der Waals surface area contributed by atoms with Crippen molar-refractivity contribution in [1.82, 2.24) is 24.9 Å². The summed E-state index contributed by atoms with van der Waals surface area (Å²) in [4.78, 5) is 0. The van der Waals surface area contributed by atoms with E-state index < -0.39 is 10.0 Å². The molecule has 110 valence electrons. The van der Waals surface area contributed by atoms with Gasteiger partial charge in [-0.2, -0.15) is 0 Å². The number of nitrogens with one attached hydrogen (secondary N) is 1. The van der Waals surface area contributed by atoms with Gasteiger partial charge in [-0.05, 0) is 32.8 Å². The number of aryl methyl sites for hydroxylation is 1. The van der Waals surface area contributed by atoms with Crippen LogP contribution in [0.25, 0.3) is 10.1 Å². The minimum atomic E-state index is -3.36. The lowest BCUT2D eigenvalue weighted by Gasteiger charge is -2.06. The first-order valence-electron chi connectivity index (χ1n) is 6.27. The van der Waals surface area contributed by atoms with E-state index >= 15 is 0 Å². The number of thiophene rings is 1. The highest BCUT2D eigenvalue weighted by Gasteiger charge is 2.12. The molecule has 3 aromatic rings. The van der Waals surface area contributed by atoms with E-state index in [4.69, 9.17) is 0 Å². The van der Waals surface area contributed by atoms with Crippen molar-refractivity contribution in [2.75, 3.05) is 5.75 Å². The number of fused-ring (bicyclic) bond motifs is 1. The van der Waals surface area contributed by atoms with Gasteiger partial charge in [-0.15, -0.1) is 16.4 Å². The van der Waals surface area contributed by atoms with Crippen LogP contribution in [0, 0.1) is 0 Å². The number of nitrogens with zero attached hydrogens (tertiary/aromatic N) is 4. The van der Waals surface area contributed by atoms with Crippen LogP contribution in [0.5, 0.6) is 0 Å². The molecule has 0 amide bonds. The molecule has 0 saturated heterocycles. The van der Waals surface area contributed by atoms with Crippen LogP contribution in [0.1, 0.15) is 5.56 Å². The Kier molecular flexibility index (Phi) is 3.95. The van der Waals surface area contributed by atoms with E-state index in [1.165, 1.54) is 11.0 Å². The van der Waals surface area contributed by atoms with Crippen LogP contribution in [-0.4, -0.2) is 34.4 Å². The lowest BCUT2D eigenvalue weighted by Crippen LogP contribution is -2.28. The van der Waals surface area contributed by atoms with Gasteiger partial charge in [0.25, 0.3) is 0 Å². The Labute approximate surface area is 125 Å². The Hall–Kier alpha value is -1.84. The van der Waals surface area contributed by atoms with Crippen molar-refractivity contribution in [3.05, 3.63) is 41.5 Å². The van der Waals surface area contributed by atoms with Crippen LogP contribution >= 0.6 is 11.3 Å². The molecule has 9 heteroatoms. The first-order valence-corrected chi connectivity index (χ1v) is 8.80. The fourth-order valence-corrected chi connectivity index (χ4v) is 3.84. The van der Waals surface area contributed by atoms with E-state index in [9.17, 15) is 8.42 Å². The predicted molar refractivity (Wildman–Crippen MR) is 80.3 cm³/mol. The number of sulfonamides is 1. The molecule has 2 aromatic heterocycles. The Morgan fingerprint density at radius 2 is 2.14 bits per heavy atom. The maximum atomic E-state index is 12.0. The summed E-state index contributed by atoms with van der Waals surface area (Å²) in [5.74, 6) is -0.0554. The maximum Gasteiger partial charge on any atom is 0.213 e. The van der Waals surface area contributed by atoms with Gasteiger partial charge in [0.15, 0.2) is 0 Å². The van der Waals surface area contributed by atoms with Gasteiger partial charge in [0.2, 0.25) is 10.0 Å². The van der Waals surface area contributed by atoms with E-state index in [1.807, 2.05) is 29.6 Å². The zero-order valence-electron chi connectivity index (χ0n) is 11.0. The minimum absolute atomic E-state index is 0.0554. The van der Waals surface area contributed by atoms with Gasteiger partial charge in [0.1, 0.15) is 6.33 Å². The van der Waals surface area contributed by atoms with Crippen molar-refractivity contribution in [2.24, 2.45) is 0 Å². The summed E-state index contributed by atoms with van der Waals surface area (Å²) in [6.45, 7) is 0.522. The summed E-state index contributed by atoms with van der Waals surface area (Å²) in [5.41, 5.74) is 0.988. The van der Waals surface area contributed by atoms with Crippen LogP contribution < -0.4 is 4.72 Å². The summed E-state index contributed by atoms with van der Waals surface area (Å²) >= 11 is 1.61. The highest BCUT2D eigenvalue weighted by Crippen LogP contribution is 2.25. The standard InChI is InChI=1S/C12H13N5O2S2/c18-21(19,6-5-17-9-13-15-16-17)14-7-10-8-20-12-4-2-1-3-11(10)12/h1-4,8-9,14H,5-7H2. The van der Waals surface area contributed by atoms with Crippen molar-refractivity contribution in [3.63, 3.8) is 0 Å². The summed E-state index contributed by atoms with van der Waals surface area (Å²) < 4.78 is 29.1. The molecule has 1 aromatic carbocycles. The number of tetrazole rings is 1. The highest BCUT2D eigenvalue weighted by molar-refractivity contribution is 7.89. The van der Waals surface area contributed by atoms with Crippen molar-refractivity contribution in [1.29, 1.82) is 0 Å². The Morgan fingerprint density at radius 3 is 2.95 bits per heavy atom. The predicted octanol–water partition coefficient (Wildman–Crippen LogP) is 1.01. The average Bonchev–Trinajstić information content (AvgIpc) is 3.13. The molecule has 0 atom stereocenters. The van der Waals surface area contributed by atoms with Crippen LogP contribution in [0.4, 0.5) is 0 Å². The second-order valence-corrected chi connectivity index (χ2v) is 7.31. The van der Waals surface area contributed by atoms with Crippen molar-refractivity contribution in [2.45, 2.75) is 13.1 Å². The lowest BCUT2D eigenvalue weighted by molar-refractivity contribution is 0.563. The molecule has 0 fully saturated rings. The summed E-state index contributed by atoms with van der Waals surface area (Å²) in [5, 5.41) is 13.6. The van der Waals surface area contributed by atoms with Gasteiger partial charge in [-0.3, -0.25) is 0 Å². The molecule has 0 spiro atoms. The lowest BCUT2D eigenvalue weighted by atomic mass is 10.2. The van der Waals surface area contributed by atoms with E-state index in [2.05, 4.69) is 20.2 Å². The summed E-state index contributed by atoms with van der Waals surface area (Å²) in [7, 11) is -3.36. The number of rotatable bonds is 6. The third-order valence-corrected chi connectivity index (χ3v) is 5.34. The summed E-state index contributed by atoms with van der Waals surface area (Å²) in [6, 6.07) is 7.94. The first kappa shape index (κ1) is 14.1. The monoisotopic (exact) mass is 323 g/mol. The molecule has 3 rings (SSSR count). The van der Waals surface area contributed by atoms with E-state index in [0.717, 1.165) is 15.6 Å². The molecule has 0 radical (unpaired) electrons. The minimum Gasteiger partial charge on any atom is -0.231 e.